The second-order valence-electron chi connectivity index (χ2n) is 22.5. The van der Waals surface area contributed by atoms with Crippen molar-refractivity contribution in [1.29, 1.82) is 0 Å². The molecule has 0 radical (unpaired) electrons. The molecule has 3 unspecified atom stereocenters. The van der Waals surface area contributed by atoms with Gasteiger partial charge >= 0.3 is 0 Å². The molecule has 8 aliphatic heterocycles. The van der Waals surface area contributed by atoms with Crippen molar-refractivity contribution in [3.63, 3.8) is 0 Å². The van der Waals surface area contributed by atoms with E-state index in [0.717, 1.165) is 116 Å². The molecule has 428 valence electrons. The first-order valence-electron chi connectivity index (χ1n) is 29.0. The Labute approximate surface area is 476 Å². The van der Waals surface area contributed by atoms with E-state index in [1.54, 1.807) is 12.1 Å². The van der Waals surface area contributed by atoms with E-state index in [1.807, 2.05) is 69.3 Å². The highest BCUT2D eigenvalue weighted by atomic mass is 19.2. The van der Waals surface area contributed by atoms with Crippen molar-refractivity contribution < 1.29 is 60.7 Å². The lowest BCUT2D eigenvalue weighted by Gasteiger charge is -2.40. The number of nitrogens with zero attached hydrogens (tertiary/aromatic N) is 3. The van der Waals surface area contributed by atoms with E-state index in [-0.39, 0.29) is 49.3 Å². The van der Waals surface area contributed by atoms with E-state index in [0.29, 0.717) is 92.4 Å². The molecule has 0 N–H and O–H groups in total. The zero-order valence-electron chi connectivity index (χ0n) is 46.7. The number of ether oxygens (including phenoxy) is 7. The molecule has 0 fully saturated rings. The number of unbranched alkanes of at least 4 members (excludes halogenated alkanes) is 6. The maximum atomic E-state index is 14.2. The van der Waals surface area contributed by atoms with E-state index in [2.05, 4.69) is 32.9 Å². The maximum Gasteiger partial charge on any atom is 0.241 e. The predicted molar refractivity (Wildman–Crippen MR) is 299 cm³/mol. The van der Waals surface area contributed by atoms with Gasteiger partial charge in [0.1, 0.15) is 72.3 Å². The summed E-state index contributed by atoms with van der Waals surface area (Å²) < 4.78 is 82.0. The average Bonchev–Trinajstić information content (AvgIpc) is 4.28. The van der Waals surface area contributed by atoms with Gasteiger partial charge in [-0.15, -0.1) is 0 Å². The smallest absolute Gasteiger partial charge is 0.241 e. The number of fused-ring (bicyclic) bond motifs is 14. The van der Waals surface area contributed by atoms with Crippen LogP contribution in [-0.4, -0.2) is 91.9 Å². The molecule has 6 aromatic carbocycles. The quantitative estimate of drug-likeness (QED) is 0.109. The lowest BCUT2D eigenvalue weighted by molar-refractivity contribution is -0.139. The Balaban J connectivity index is 0.000000122. The van der Waals surface area contributed by atoms with E-state index in [4.69, 9.17) is 33.2 Å². The summed E-state index contributed by atoms with van der Waals surface area (Å²) >= 11 is 0. The highest BCUT2D eigenvalue weighted by Crippen LogP contribution is 2.55. The molecule has 3 atom stereocenters. The maximum absolute atomic E-state index is 14.2. The Morgan fingerprint density at radius 2 is 0.780 bits per heavy atom. The molecule has 82 heavy (non-hydrogen) atoms. The summed E-state index contributed by atoms with van der Waals surface area (Å²) in [6, 6.07) is 30.3. The van der Waals surface area contributed by atoms with Crippen LogP contribution in [-0.2, 0) is 50.3 Å². The Bertz CT molecular complexity index is 3470. The molecule has 13 nitrogen and oxygen atoms in total. The first-order valence-corrected chi connectivity index (χ1v) is 29.0. The minimum absolute atomic E-state index is 0.0284. The van der Waals surface area contributed by atoms with Crippen LogP contribution in [0.4, 0.5) is 13.2 Å². The van der Waals surface area contributed by atoms with Gasteiger partial charge in [-0.3, -0.25) is 14.4 Å². The van der Waals surface area contributed by atoms with Crippen molar-refractivity contribution in [2.75, 3.05) is 59.5 Å². The van der Waals surface area contributed by atoms with E-state index in [1.165, 1.54) is 17.7 Å². The van der Waals surface area contributed by atoms with Crippen molar-refractivity contribution in [1.82, 2.24) is 14.7 Å². The summed E-state index contributed by atoms with van der Waals surface area (Å²) in [5.41, 5.74) is 4.90. The monoisotopic (exact) mass is 1120 g/mol. The molecule has 0 saturated carbocycles. The third-order valence-corrected chi connectivity index (χ3v) is 17.5. The largest absolute Gasteiger partial charge is 0.491 e. The van der Waals surface area contributed by atoms with Crippen LogP contribution in [0.5, 0.6) is 40.2 Å². The molecule has 8 aliphatic rings. The number of hydrogen-bond acceptors (Lipinski definition) is 10. The van der Waals surface area contributed by atoms with Crippen LogP contribution in [0.1, 0.15) is 129 Å². The van der Waals surface area contributed by atoms with Gasteiger partial charge in [0.05, 0.1) is 0 Å². The summed E-state index contributed by atoms with van der Waals surface area (Å²) in [4.78, 5) is 46.8. The van der Waals surface area contributed by atoms with Crippen molar-refractivity contribution in [3.8, 4) is 40.2 Å². The Kier molecular flexibility index (Phi) is 15.0. The third kappa shape index (κ3) is 9.20. The van der Waals surface area contributed by atoms with Gasteiger partial charge in [-0.25, -0.2) is 13.2 Å². The second kappa shape index (κ2) is 22.5. The minimum atomic E-state index is -1.09. The van der Waals surface area contributed by atoms with Crippen LogP contribution in [0.15, 0.2) is 103 Å². The molecule has 16 heteroatoms. The lowest BCUT2D eigenvalue weighted by atomic mass is 9.70. The van der Waals surface area contributed by atoms with Gasteiger partial charge in [-0.1, -0.05) is 114 Å². The Hall–Kier alpha value is -7.88. The number of carbonyl (C=O) groups is 3. The number of carbonyl (C=O) groups excluding carboxylic acids is 3. The van der Waals surface area contributed by atoms with Crippen LogP contribution < -0.4 is 33.2 Å². The van der Waals surface area contributed by atoms with Gasteiger partial charge in [-0.2, -0.15) is 0 Å². The standard InChI is InChI=1S/C23H25NO4.C22H22FNO4.C21H21F2NO2/c1-2-3-6-9-24-14-16-7-4-5-8-17(16)23(22(24)25)15-28-19-13-21-20(12-18(19)23)26-10-11-27-21;1-2-3-4-7-24-11-14-5-6-15(23)8-16(14)22(21(24)25)12-26-18-10-20-19(9-17(18)22)27-13-28-20;1-2-3-6-9-24-12-14-7-4-5-8-15(14)21(20(24)25)13-26-19-11-18(23)17(22)10-16(19)21/h4-5,7-8,12-13H,2-3,6,9-11,14-15H2,1H3;5-6,8-10H,2-4,7,11-13H2,1H3;4-5,7-8,10-11H,2-3,6,9,12-13H2,1H3. The third-order valence-electron chi connectivity index (χ3n) is 17.5. The molecule has 0 aliphatic carbocycles. The van der Waals surface area contributed by atoms with Crippen LogP contribution in [0.25, 0.3) is 0 Å². The number of rotatable bonds is 12. The Morgan fingerprint density at radius 1 is 0.390 bits per heavy atom. The lowest BCUT2D eigenvalue weighted by Crippen LogP contribution is -2.53. The fraction of sp³-hybridized carbons (Fsp3) is 0.409. The van der Waals surface area contributed by atoms with Crippen molar-refractivity contribution in [3.05, 3.63) is 171 Å². The zero-order valence-corrected chi connectivity index (χ0v) is 46.7. The molecular weight excluding hydrogens is 1050 g/mol. The summed E-state index contributed by atoms with van der Waals surface area (Å²) in [6.07, 6.45) is 9.43. The summed E-state index contributed by atoms with van der Waals surface area (Å²) in [5, 5.41) is 0. The summed E-state index contributed by atoms with van der Waals surface area (Å²) in [6.45, 7) is 12.0. The van der Waals surface area contributed by atoms with E-state index in [9.17, 15) is 27.6 Å². The number of halogens is 3. The van der Waals surface area contributed by atoms with Crippen LogP contribution >= 0.6 is 0 Å². The average molecular weight is 1120 g/mol. The fourth-order valence-electron chi connectivity index (χ4n) is 13.3. The molecule has 0 aromatic heterocycles. The molecule has 8 heterocycles. The molecule has 0 saturated heterocycles. The normalized spacial score (nSPS) is 21.5. The second-order valence-corrected chi connectivity index (χ2v) is 22.5. The van der Waals surface area contributed by atoms with Crippen molar-refractivity contribution in [2.45, 2.75) is 114 Å². The Morgan fingerprint density at radius 3 is 1.27 bits per heavy atom. The van der Waals surface area contributed by atoms with Crippen LogP contribution in [0.2, 0.25) is 0 Å². The zero-order chi connectivity index (χ0) is 56.8. The number of hydrogen-bond donors (Lipinski definition) is 0. The van der Waals surface area contributed by atoms with Crippen LogP contribution in [0, 0.1) is 17.5 Å². The first kappa shape index (κ1) is 54.7. The molecular formula is C66H68F3N3O10. The van der Waals surface area contributed by atoms with E-state index >= 15 is 0 Å². The molecule has 3 amide bonds. The highest BCUT2D eigenvalue weighted by molar-refractivity contribution is 5.98. The molecule has 14 rings (SSSR count). The highest BCUT2D eigenvalue weighted by Gasteiger charge is 2.57. The molecule has 6 aromatic rings. The molecule has 0 bridgehead atoms. The van der Waals surface area contributed by atoms with Gasteiger partial charge in [0.2, 0.25) is 24.5 Å². The van der Waals surface area contributed by atoms with Gasteiger partial charge in [0, 0.05) is 74.2 Å². The SMILES string of the molecule is CCCCCN1Cc2ccc(F)cc2C2(COc3cc4c(cc32)OCO4)C1=O.CCCCCN1Cc2ccccc2C2(COc3cc(F)c(F)cc32)C1=O.CCCCCN1Cc2ccccc2C2(COc3cc4c(cc32)OCCO4)C1=O. The topological polar surface area (TPSA) is 126 Å². The van der Waals surface area contributed by atoms with Gasteiger partial charge in [-0.05, 0) is 83.0 Å². The fourth-order valence-corrected chi connectivity index (χ4v) is 13.3. The van der Waals surface area contributed by atoms with Crippen molar-refractivity contribution >= 4 is 17.7 Å². The summed E-state index contributed by atoms with van der Waals surface area (Å²) in [7, 11) is 0. The molecule has 3 spiro atoms. The summed E-state index contributed by atoms with van der Waals surface area (Å²) in [5.74, 6) is 1.93. The predicted octanol–water partition coefficient (Wildman–Crippen LogP) is 11.6. The van der Waals surface area contributed by atoms with Crippen molar-refractivity contribution in [2.24, 2.45) is 0 Å². The van der Waals surface area contributed by atoms with Gasteiger partial charge < -0.3 is 47.9 Å². The number of amides is 3. The van der Waals surface area contributed by atoms with Gasteiger partial charge in [0.15, 0.2) is 34.6 Å². The van der Waals surface area contributed by atoms with E-state index < -0.39 is 27.9 Å². The minimum Gasteiger partial charge on any atom is -0.491 e. The first-order chi connectivity index (χ1) is 39.9. The number of benzene rings is 6. The van der Waals surface area contributed by atoms with Crippen LogP contribution in [0.3, 0.4) is 0 Å². The van der Waals surface area contributed by atoms with Gasteiger partial charge in [0.25, 0.3) is 0 Å².